The van der Waals surface area contributed by atoms with E-state index in [0.717, 1.165) is 24.9 Å². The van der Waals surface area contributed by atoms with Crippen molar-refractivity contribution >= 4 is 28.9 Å². The van der Waals surface area contributed by atoms with E-state index >= 15 is 0 Å². The molecule has 5 nitrogen and oxygen atoms in total. The molecule has 1 amide bonds. The van der Waals surface area contributed by atoms with Gasteiger partial charge in [-0.2, -0.15) is 0 Å². The summed E-state index contributed by atoms with van der Waals surface area (Å²) < 4.78 is 4.75. The van der Waals surface area contributed by atoms with Crippen molar-refractivity contribution in [3.05, 3.63) is 51.2 Å². The van der Waals surface area contributed by atoms with Gasteiger partial charge in [-0.15, -0.1) is 11.3 Å². The van der Waals surface area contributed by atoms with Gasteiger partial charge in [-0.1, -0.05) is 13.0 Å². The van der Waals surface area contributed by atoms with Crippen LogP contribution in [0.25, 0.3) is 0 Å². The van der Waals surface area contributed by atoms with Gasteiger partial charge in [0, 0.05) is 23.2 Å². The van der Waals surface area contributed by atoms with E-state index in [-0.39, 0.29) is 5.91 Å². The first-order valence-corrected chi connectivity index (χ1v) is 9.70. The highest BCUT2D eigenvalue weighted by Crippen LogP contribution is 2.35. The average molecular weight is 372 g/mol. The van der Waals surface area contributed by atoms with Crippen LogP contribution in [0.3, 0.4) is 0 Å². The maximum atomic E-state index is 12.6. The number of ether oxygens (including phenoxy) is 1. The van der Waals surface area contributed by atoms with Crippen LogP contribution in [-0.4, -0.2) is 37.0 Å². The molecular weight excluding hydrogens is 348 g/mol. The summed E-state index contributed by atoms with van der Waals surface area (Å²) in [5.41, 5.74) is 3.36. The number of carbonyl (C=O) groups excluding carboxylic acids is 2. The van der Waals surface area contributed by atoms with Crippen LogP contribution in [-0.2, 0) is 16.0 Å². The van der Waals surface area contributed by atoms with E-state index in [1.165, 1.54) is 17.6 Å². The van der Waals surface area contributed by atoms with Crippen molar-refractivity contribution < 1.29 is 14.3 Å². The van der Waals surface area contributed by atoms with Crippen LogP contribution in [0.15, 0.2) is 29.6 Å². The molecule has 1 atom stereocenters. The maximum Gasteiger partial charge on any atom is 0.337 e. The largest absolute Gasteiger partial charge is 0.465 e. The number of benzene rings is 1. The molecule has 26 heavy (non-hydrogen) atoms. The number of carbonyl (C=O) groups is 2. The topological polar surface area (TPSA) is 58.6 Å². The van der Waals surface area contributed by atoms with Crippen LogP contribution in [0.5, 0.6) is 0 Å². The number of hydrogen-bond donors (Lipinski definition) is 1. The molecule has 6 heteroatoms. The minimum atomic E-state index is -0.410. The predicted octanol–water partition coefficient (Wildman–Crippen LogP) is 3.79. The first kappa shape index (κ1) is 18.6. The first-order valence-electron chi connectivity index (χ1n) is 8.82. The van der Waals surface area contributed by atoms with Crippen LogP contribution >= 0.6 is 11.3 Å². The summed E-state index contributed by atoms with van der Waals surface area (Å²) in [7, 11) is 1.35. The highest BCUT2D eigenvalue weighted by molar-refractivity contribution is 7.10. The molecule has 0 radical (unpaired) electrons. The Morgan fingerprint density at radius 2 is 2.15 bits per heavy atom. The van der Waals surface area contributed by atoms with Gasteiger partial charge in [-0.25, -0.2) is 4.79 Å². The van der Waals surface area contributed by atoms with Gasteiger partial charge in [0.05, 0.1) is 19.2 Å². The molecule has 0 saturated heterocycles. The maximum absolute atomic E-state index is 12.6. The summed E-state index contributed by atoms with van der Waals surface area (Å²) in [5.74, 6) is -0.472. The minimum Gasteiger partial charge on any atom is -0.465 e. The number of nitrogens with zero attached hydrogens (tertiary/aromatic N) is 1. The molecule has 1 aliphatic rings. The molecule has 0 saturated carbocycles. The number of fused-ring (bicyclic) bond motifs is 1. The number of hydrogen-bond acceptors (Lipinski definition) is 5. The molecule has 3 rings (SSSR count). The van der Waals surface area contributed by atoms with Crippen molar-refractivity contribution in [1.82, 2.24) is 4.90 Å². The zero-order valence-electron chi connectivity index (χ0n) is 15.4. The van der Waals surface area contributed by atoms with E-state index in [4.69, 9.17) is 4.74 Å². The molecular formula is C20H24N2O3S. The van der Waals surface area contributed by atoms with Gasteiger partial charge in [0.1, 0.15) is 0 Å². The third-order valence-corrected chi connectivity index (χ3v) is 5.87. The van der Waals surface area contributed by atoms with Crippen LogP contribution in [0.2, 0.25) is 0 Å². The third-order valence-electron chi connectivity index (χ3n) is 4.87. The second-order valence-corrected chi connectivity index (χ2v) is 7.51. The summed E-state index contributed by atoms with van der Waals surface area (Å²) in [4.78, 5) is 28.0. The molecule has 1 N–H and O–H groups in total. The Bertz CT molecular complexity index is 815. The number of thiophene rings is 1. The van der Waals surface area contributed by atoms with Gasteiger partial charge in [0.15, 0.2) is 0 Å². The lowest BCUT2D eigenvalue weighted by Gasteiger charge is -2.34. The van der Waals surface area contributed by atoms with Gasteiger partial charge in [-0.05, 0) is 54.5 Å². The standard InChI is InChI=1S/C20H24N2O3S/c1-4-17-15-8-10-26-18(15)7-9-22(17)12-19(23)21-16-11-14(20(24)25-3)6-5-13(16)2/h5-6,8,10-11,17H,4,7,9,12H2,1-3H3,(H,21,23). The van der Waals surface area contributed by atoms with Crippen LogP contribution in [0, 0.1) is 6.92 Å². The quantitative estimate of drug-likeness (QED) is 0.811. The SMILES string of the molecule is CCC1c2ccsc2CCN1CC(=O)Nc1cc(C(=O)OC)ccc1C. The lowest BCUT2D eigenvalue weighted by molar-refractivity contribution is -0.118. The van der Waals surface area contributed by atoms with Crippen LogP contribution in [0.4, 0.5) is 5.69 Å². The van der Waals surface area contributed by atoms with Crippen LogP contribution < -0.4 is 5.32 Å². The normalized spacial score (nSPS) is 16.8. The van der Waals surface area contributed by atoms with Gasteiger partial charge in [0.25, 0.3) is 0 Å². The number of anilines is 1. The van der Waals surface area contributed by atoms with Crippen LogP contribution in [0.1, 0.15) is 45.7 Å². The molecule has 0 fully saturated rings. The summed E-state index contributed by atoms with van der Waals surface area (Å²) in [5, 5.41) is 5.09. The number of methoxy groups -OCH3 is 1. The van der Waals surface area contributed by atoms with Gasteiger partial charge in [-0.3, -0.25) is 9.69 Å². The van der Waals surface area contributed by atoms with E-state index < -0.39 is 5.97 Å². The molecule has 1 unspecified atom stereocenters. The number of rotatable bonds is 5. The molecule has 138 valence electrons. The second kappa shape index (κ2) is 8.01. The summed E-state index contributed by atoms with van der Waals surface area (Å²) in [6.45, 7) is 5.30. The molecule has 0 bridgehead atoms. The molecule has 2 heterocycles. The van der Waals surface area contributed by atoms with E-state index in [1.807, 2.05) is 13.0 Å². The fourth-order valence-corrected chi connectivity index (χ4v) is 4.42. The van der Waals surface area contributed by atoms with Crippen molar-refractivity contribution in [3.8, 4) is 0 Å². The molecule has 1 aliphatic heterocycles. The number of esters is 1. The van der Waals surface area contributed by atoms with Crippen molar-refractivity contribution in [2.45, 2.75) is 32.7 Å². The molecule has 2 aromatic rings. The van der Waals surface area contributed by atoms with Crippen molar-refractivity contribution in [2.24, 2.45) is 0 Å². The summed E-state index contributed by atoms with van der Waals surface area (Å²) in [6.07, 6.45) is 1.97. The zero-order valence-corrected chi connectivity index (χ0v) is 16.2. The Labute approximate surface area is 158 Å². The van der Waals surface area contributed by atoms with E-state index in [0.29, 0.717) is 23.8 Å². The van der Waals surface area contributed by atoms with E-state index in [1.54, 1.807) is 23.5 Å². The van der Waals surface area contributed by atoms with Crippen molar-refractivity contribution in [3.63, 3.8) is 0 Å². The number of aryl methyl sites for hydroxylation is 1. The molecule has 1 aromatic heterocycles. The Morgan fingerprint density at radius 3 is 2.88 bits per heavy atom. The van der Waals surface area contributed by atoms with Gasteiger partial charge < -0.3 is 10.1 Å². The number of amides is 1. The fraction of sp³-hybridized carbons (Fsp3) is 0.400. The zero-order chi connectivity index (χ0) is 18.7. The van der Waals surface area contributed by atoms with Crippen molar-refractivity contribution in [1.29, 1.82) is 0 Å². The van der Waals surface area contributed by atoms with E-state index in [9.17, 15) is 9.59 Å². The molecule has 0 aliphatic carbocycles. The highest BCUT2D eigenvalue weighted by atomic mass is 32.1. The van der Waals surface area contributed by atoms with E-state index in [2.05, 4.69) is 28.6 Å². The highest BCUT2D eigenvalue weighted by Gasteiger charge is 2.28. The average Bonchev–Trinajstić information content (AvgIpc) is 3.11. The first-order chi connectivity index (χ1) is 12.5. The Morgan fingerprint density at radius 1 is 1.35 bits per heavy atom. The third kappa shape index (κ3) is 3.81. The molecule has 1 aromatic carbocycles. The summed E-state index contributed by atoms with van der Waals surface area (Å²) in [6, 6.07) is 7.66. The summed E-state index contributed by atoms with van der Waals surface area (Å²) >= 11 is 1.81. The Balaban J connectivity index is 1.70. The Kier molecular flexibility index (Phi) is 5.74. The van der Waals surface area contributed by atoms with Gasteiger partial charge in [0.2, 0.25) is 5.91 Å². The predicted molar refractivity (Wildman–Crippen MR) is 104 cm³/mol. The van der Waals surface area contributed by atoms with Gasteiger partial charge >= 0.3 is 5.97 Å². The minimum absolute atomic E-state index is 0.0627. The Hall–Kier alpha value is -2.18. The number of nitrogens with one attached hydrogen (secondary N) is 1. The smallest absolute Gasteiger partial charge is 0.337 e. The fourth-order valence-electron chi connectivity index (χ4n) is 3.49. The van der Waals surface area contributed by atoms with Crippen molar-refractivity contribution in [2.75, 3.05) is 25.5 Å². The monoisotopic (exact) mass is 372 g/mol. The second-order valence-electron chi connectivity index (χ2n) is 6.51. The lowest BCUT2D eigenvalue weighted by Crippen LogP contribution is -2.40. The molecule has 0 spiro atoms. The lowest BCUT2D eigenvalue weighted by atomic mass is 9.98.